The summed E-state index contributed by atoms with van der Waals surface area (Å²) in [6.45, 7) is 0.879. The van der Waals surface area contributed by atoms with Crippen molar-refractivity contribution in [1.82, 2.24) is 5.32 Å². The fourth-order valence-corrected chi connectivity index (χ4v) is 2.66. The highest BCUT2D eigenvalue weighted by atomic mass is 16.5. The van der Waals surface area contributed by atoms with Gasteiger partial charge in [0.05, 0.1) is 13.2 Å². The average molecular weight is 261 g/mol. The maximum absolute atomic E-state index is 6.16. The van der Waals surface area contributed by atoms with Gasteiger partial charge in [0.1, 0.15) is 11.5 Å². The third-order valence-electron chi connectivity index (χ3n) is 4.02. The summed E-state index contributed by atoms with van der Waals surface area (Å²) in [7, 11) is 1.71. The Bertz CT molecular complexity index is 423. The van der Waals surface area contributed by atoms with Crippen LogP contribution in [0.25, 0.3) is 0 Å². The van der Waals surface area contributed by atoms with Crippen LogP contribution < -0.4 is 14.8 Å². The molecule has 2 fully saturated rings. The van der Waals surface area contributed by atoms with Crippen molar-refractivity contribution in [2.45, 2.75) is 57.2 Å². The van der Waals surface area contributed by atoms with E-state index < -0.39 is 0 Å². The van der Waals surface area contributed by atoms with E-state index in [1.807, 2.05) is 6.07 Å². The number of hydrogen-bond acceptors (Lipinski definition) is 3. The third-order valence-corrected chi connectivity index (χ3v) is 4.02. The Hall–Kier alpha value is -1.22. The third kappa shape index (κ3) is 3.41. The van der Waals surface area contributed by atoms with Gasteiger partial charge in [0.25, 0.3) is 0 Å². The van der Waals surface area contributed by atoms with Gasteiger partial charge in [-0.25, -0.2) is 0 Å². The number of nitrogens with one attached hydrogen (secondary N) is 1. The van der Waals surface area contributed by atoms with Gasteiger partial charge >= 0.3 is 0 Å². The maximum atomic E-state index is 6.16. The van der Waals surface area contributed by atoms with Gasteiger partial charge in [-0.1, -0.05) is 0 Å². The molecular formula is C16H23NO2. The Kier molecular flexibility index (Phi) is 3.92. The molecule has 0 aliphatic heterocycles. The highest BCUT2D eigenvalue weighted by molar-refractivity contribution is 5.40. The lowest BCUT2D eigenvalue weighted by Crippen LogP contribution is -2.18. The smallest absolute Gasteiger partial charge is 0.124 e. The molecule has 1 N–H and O–H groups in total. The van der Waals surface area contributed by atoms with Crippen LogP contribution in [-0.4, -0.2) is 19.3 Å². The van der Waals surface area contributed by atoms with Crippen LogP contribution in [0, 0.1) is 0 Å². The highest BCUT2D eigenvalue weighted by Crippen LogP contribution is 2.30. The number of benzene rings is 1. The van der Waals surface area contributed by atoms with Gasteiger partial charge in [-0.2, -0.15) is 0 Å². The summed E-state index contributed by atoms with van der Waals surface area (Å²) in [4.78, 5) is 0. The molecule has 0 saturated heterocycles. The van der Waals surface area contributed by atoms with Gasteiger partial charge in [0.2, 0.25) is 0 Å². The summed E-state index contributed by atoms with van der Waals surface area (Å²) in [5.41, 5.74) is 1.22. The molecule has 2 aliphatic rings. The molecule has 2 aliphatic carbocycles. The first-order valence-electron chi connectivity index (χ1n) is 7.42. The fraction of sp³-hybridized carbons (Fsp3) is 0.625. The van der Waals surface area contributed by atoms with Crippen molar-refractivity contribution in [2.24, 2.45) is 0 Å². The second-order valence-electron chi connectivity index (χ2n) is 5.65. The molecule has 0 unspecified atom stereocenters. The number of rotatable bonds is 6. The summed E-state index contributed by atoms with van der Waals surface area (Å²) >= 11 is 0. The summed E-state index contributed by atoms with van der Waals surface area (Å²) in [5, 5.41) is 3.55. The molecule has 0 radical (unpaired) electrons. The molecule has 3 rings (SSSR count). The summed E-state index contributed by atoms with van der Waals surface area (Å²) in [6, 6.07) is 6.86. The van der Waals surface area contributed by atoms with Crippen LogP contribution in [0.2, 0.25) is 0 Å². The first-order chi connectivity index (χ1) is 9.35. The van der Waals surface area contributed by atoms with Crippen LogP contribution >= 0.6 is 0 Å². The van der Waals surface area contributed by atoms with E-state index in [-0.39, 0.29) is 0 Å². The maximum Gasteiger partial charge on any atom is 0.124 e. The topological polar surface area (TPSA) is 30.5 Å². The van der Waals surface area contributed by atoms with Gasteiger partial charge < -0.3 is 14.8 Å². The van der Waals surface area contributed by atoms with E-state index in [2.05, 4.69) is 17.4 Å². The Balaban J connectivity index is 1.70. The summed E-state index contributed by atoms with van der Waals surface area (Å²) < 4.78 is 11.5. The first kappa shape index (κ1) is 12.8. The highest BCUT2D eigenvalue weighted by Gasteiger charge is 2.22. The molecule has 3 heteroatoms. The number of methoxy groups -OCH3 is 1. The van der Waals surface area contributed by atoms with Crippen molar-refractivity contribution in [2.75, 3.05) is 7.11 Å². The monoisotopic (exact) mass is 261 g/mol. The van der Waals surface area contributed by atoms with E-state index in [1.165, 1.54) is 44.1 Å². The summed E-state index contributed by atoms with van der Waals surface area (Å²) in [5.74, 6) is 1.94. The predicted molar refractivity (Wildman–Crippen MR) is 75.7 cm³/mol. The molecule has 3 nitrogen and oxygen atoms in total. The Morgan fingerprint density at radius 1 is 1.16 bits per heavy atom. The van der Waals surface area contributed by atoms with Gasteiger partial charge in [0.15, 0.2) is 0 Å². The molecule has 0 atom stereocenters. The van der Waals surface area contributed by atoms with E-state index in [0.717, 1.165) is 18.0 Å². The molecule has 0 heterocycles. The molecule has 2 saturated carbocycles. The average Bonchev–Trinajstić information content (AvgIpc) is 3.13. The number of hydrogen-bond donors (Lipinski definition) is 1. The molecule has 0 bridgehead atoms. The second-order valence-corrected chi connectivity index (χ2v) is 5.65. The van der Waals surface area contributed by atoms with Crippen LogP contribution in [0.5, 0.6) is 11.5 Å². The lowest BCUT2D eigenvalue weighted by atomic mass is 10.1. The SMILES string of the molecule is COc1ccc(OC2CCCC2)c(CNC2CC2)c1. The molecule has 0 aromatic heterocycles. The van der Waals surface area contributed by atoms with Crippen LogP contribution in [0.3, 0.4) is 0 Å². The van der Waals surface area contributed by atoms with E-state index in [4.69, 9.17) is 9.47 Å². The van der Waals surface area contributed by atoms with Crippen molar-refractivity contribution >= 4 is 0 Å². The molecule has 19 heavy (non-hydrogen) atoms. The Labute approximate surface area is 115 Å². The zero-order valence-corrected chi connectivity index (χ0v) is 11.7. The van der Waals surface area contributed by atoms with Crippen LogP contribution in [0.15, 0.2) is 18.2 Å². The van der Waals surface area contributed by atoms with Crippen molar-refractivity contribution in [3.63, 3.8) is 0 Å². The molecular weight excluding hydrogens is 238 g/mol. The van der Waals surface area contributed by atoms with Gasteiger partial charge in [0, 0.05) is 18.2 Å². The summed E-state index contributed by atoms with van der Waals surface area (Å²) in [6.07, 6.45) is 8.02. The van der Waals surface area contributed by atoms with Crippen molar-refractivity contribution < 1.29 is 9.47 Å². The first-order valence-corrected chi connectivity index (χ1v) is 7.42. The Morgan fingerprint density at radius 2 is 1.95 bits per heavy atom. The standard InChI is InChI=1S/C16H23NO2/c1-18-15-8-9-16(19-14-4-2-3-5-14)12(10-15)11-17-13-6-7-13/h8-10,13-14,17H,2-7,11H2,1H3. The molecule has 104 valence electrons. The van der Waals surface area contributed by atoms with Crippen molar-refractivity contribution in [3.05, 3.63) is 23.8 Å². The van der Waals surface area contributed by atoms with E-state index in [0.29, 0.717) is 12.1 Å². The minimum absolute atomic E-state index is 0.410. The van der Waals surface area contributed by atoms with Gasteiger partial charge in [-0.05, 0) is 56.7 Å². The molecule has 0 amide bonds. The van der Waals surface area contributed by atoms with Crippen LogP contribution in [-0.2, 0) is 6.54 Å². The lowest BCUT2D eigenvalue weighted by Gasteiger charge is -2.17. The van der Waals surface area contributed by atoms with Gasteiger partial charge in [-0.3, -0.25) is 0 Å². The van der Waals surface area contributed by atoms with Crippen molar-refractivity contribution in [3.8, 4) is 11.5 Å². The second kappa shape index (κ2) is 5.83. The zero-order chi connectivity index (χ0) is 13.1. The molecule has 1 aromatic carbocycles. The number of ether oxygens (including phenoxy) is 2. The van der Waals surface area contributed by atoms with E-state index in [9.17, 15) is 0 Å². The molecule has 1 aromatic rings. The minimum Gasteiger partial charge on any atom is -0.497 e. The zero-order valence-electron chi connectivity index (χ0n) is 11.7. The van der Waals surface area contributed by atoms with E-state index >= 15 is 0 Å². The Morgan fingerprint density at radius 3 is 2.63 bits per heavy atom. The van der Waals surface area contributed by atoms with E-state index in [1.54, 1.807) is 7.11 Å². The quantitative estimate of drug-likeness (QED) is 0.852. The van der Waals surface area contributed by atoms with Crippen LogP contribution in [0.4, 0.5) is 0 Å². The van der Waals surface area contributed by atoms with Gasteiger partial charge in [-0.15, -0.1) is 0 Å². The van der Waals surface area contributed by atoms with Crippen molar-refractivity contribution in [1.29, 1.82) is 0 Å². The lowest BCUT2D eigenvalue weighted by molar-refractivity contribution is 0.207. The molecule has 0 spiro atoms. The normalized spacial score (nSPS) is 19.6. The predicted octanol–water partition coefficient (Wildman–Crippen LogP) is 3.27. The van der Waals surface area contributed by atoms with Crippen LogP contribution in [0.1, 0.15) is 44.1 Å². The fourth-order valence-electron chi connectivity index (χ4n) is 2.66. The minimum atomic E-state index is 0.410. The largest absolute Gasteiger partial charge is 0.497 e.